The molecule has 126 valence electrons. The number of hydrogen-bond donors (Lipinski definition) is 2. The number of nitrogens with two attached hydrogens (primary N) is 1. The number of benzene rings is 2. The van der Waals surface area contributed by atoms with Gasteiger partial charge in [0.05, 0.1) is 0 Å². The molecule has 1 heterocycles. The fourth-order valence-electron chi connectivity index (χ4n) is 2.42. The third-order valence-electron chi connectivity index (χ3n) is 3.63. The molecule has 0 aliphatic carbocycles. The van der Waals surface area contributed by atoms with Crippen molar-refractivity contribution in [2.45, 2.75) is 6.10 Å². The molecule has 1 amide bonds. The van der Waals surface area contributed by atoms with Gasteiger partial charge in [-0.05, 0) is 29.7 Å². The standard InChI is InChI=1S/C18H13FN2O4/c19-12-7-5-10(6-8-12)15(16(20)22)25-18(24)14-9-11-3-1-2-4-13(11)17(23)21-14/h1-9,15H,(H2,20,22)(H,21,23). The molecule has 0 radical (unpaired) electrons. The van der Waals surface area contributed by atoms with Crippen molar-refractivity contribution in [3.8, 4) is 0 Å². The summed E-state index contributed by atoms with van der Waals surface area (Å²) in [6.45, 7) is 0. The average molecular weight is 340 g/mol. The lowest BCUT2D eigenvalue weighted by Gasteiger charge is -2.15. The maximum atomic E-state index is 13.0. The number of aromatic nitrogens is 1. The molecule has 2 aromatic carbocycles. The molecule has 6 nitrogen and oxygen atoms in total. The van der Waals surface area contributed by atoms with Crippen LogP contribution < -0.4 is 11.3 Å². The van der Waals surface area contributed by atoms with Crippen molar-refractivity contribution in [1.29, 1.82) is 0 Å². The van der Waals surface area contributed by atoms with Crippen LogP contribution in [-0.4, -0.2) is 16.9 Å². The molecule has 0 aliphatic heterocycles. The molecule has 0 saturated heterocycles. The lowest BCUT2D eigenvalue weighted by molar-refractivity contribution is -0.127. The molecular weight excluding hydrogens is 327 g/mol. The molecule has 3 rings (SSSR count). The highest BCUT2D eigenvalue weighted by atomic mass is 19.1. The Morgan fingerprint density at radius 3 is 2.44 bits per heavy atom. The molecule has 7 heteroatoms. The van der Waals surface area contributed by atoms with E-state index in [2.05, 4.69) is 4.98 Å². The molecule has 3 aromatic rings. The Kier molecular flexibility index (Phi) is 4.30. The van der Waals surface area contributed by atoms with Crippen LogP contribution in [0.4, 0.5) is 4.39 Å². The zero-order valence-corrected chi connectivity index (χ0v) is 12.9. The first kappa shape index (κ1) is 16.4. The molecule has 25 heavy (non-hydrogen) atoms. The molecule has 0 saturated carbocycles. The summed E-state index contributed by atoms with van der Waals surface area (Å²) in [6, 6.07) is 13.0. The molecule has 1 atom stereocenters. The predicted octanol–water partition coefficient (Wildman–Crippen LogP) is 2.05. The zero-order chi connectivity index (χ0) is 18.0. The first-order valence-electron chi connectivity index (χ1n) is 7.33. The minimum Gasteiger partial charge on any atom is -0.443 e. The van der Waals surface area contributed by atoms with Crippen LogP contribution >= 0.6 is 0 Å². The van der Waals surface area contributed by atoms with E-state index in [1.165, 1.54) is 18.2 Å². The smallest absolute Gasteiger partial charge is 0.355 e. The second-order valence-corrected chi connectivity index (χ2v) is 5.34. The monoisotopic (exact) mass is 340 g/mol. The van der Waals surface area contributed by atoms with E-state index in [1.54, 1.807) is 24.3 Å². The topological polar surface area (TPSA) is 102 Å². The highest BCUT2D eigenvalue weighted by Gasteiger charge is 2.24. The number of nitrogens with one attached hydrogen (secondary N) is 1. The van der Waals surface area contributed by atoms with Crippen molar-refractivity contribution in [3.05, 3.63) is 82.0 Å². The van der Waals surface area contributed by atoms with Gasteiger partial charge in [0.1, 0.15) is 11.5 Å². The summed E-state index contributed by atoms with van der Waals surface area (Å²) < 4.78 is 18.1. The number of ether oxygens (including phenoxy) is 1. The number of hydrogen-bond acceptors (Lipinski definition) is 4. The van der Waals surface area contributed by atoms with Crippen LogP contribution in [-0.2, 0) is 9.53 Å². The van der Waals surface area contributed by atoms with Crippen molar-refractivity contribution in [2.24, 2.45) is 5.73 Å². The molecule has 0 fully saturated rings. The third kappa shape index (κ3) is 3.40. The van der Waals surface area contributed by atoms with Crippen LogP contribution in [0.15, 0.2) is 59.4 Å². The predicted molar refractivity (Wildman–Crippen MR) is 88.3 cm³/mol. The number of carbonyl (C=O) groups is 2. The Balaban J connectivity index is 1.93. The summed E-state index contributed by atoms with van der Waals surface area (Å²) in [5.74, 6) is -2.34. The Hall–Kier alpha value is -3.48. The van der Waals surface area contributed by atoms with E-state index in [1.807, 2.05) is 0 Å². The number of H-pyrrole nitrogens is 1. The van der Waals surface area contributed by atoms with E-state index in [-0.39, 0.29) is 11.3 Å². The van der Waals surface area contributed by atoms with Crippen molar-refractivity contribution in [3.63, 3.8) is 0 Å². The fraction of sp³-hybridized carbons (Fsp3) is 0.0556. The van der Waals surface area contributed by atoms with Crippen molar-refractivity contribution in [2.75, 3.05) is 0 Å². The van der Waals surface area contributed by atoms with E-state index in [0.717, 1.165) is 12.1 Å². The van der Waals surface area contributed by atoms with Gasteiger partial charge in [-0.25, -0.2) is 9.18 Å². The zero-order valence-electron chi connectivity index (χ0n) is 12.9. The number of carbonyl (C=O) groups excluding carboxylic acids is 2. The Labute approximate surface area is 141 Å². The van der Waals surface area contributed by atoms with Crippen molar-refractivity contribution >= 4 is 22.6 Å². The molecule has 1 aromatic heterocycles. The minimum absolute atomic E-state index is 0.114. The lowest BCUT2D eigenvalue weighted by atomic mass is 10.1. The van der Waals surface area contributed by atoms with E-state index in [4.69, 9.17) is 10.5 Å². The summed E-state index contributed by atoms with van der Waals surface area (Å²) in [4.78, 5) is 38.4. The number of amides is 1. The van der Waals surface area contributed by atoms with Gasteiger partial charge in [0.2, 0.25) is 6.10 Å². The molecule has 0 bridgehead atoms. The SMILES string of the molecule is NC(=O)C(OC(=O)c1cc2ccccc2c(=O)[nH]1)c1ccc(F)cc1. The van der Waals surface area contributed by atoms with Crippen molar-refractivity contribution < 1.29 is 18.7 Å². The van der Waals surface area contributed by atoms with Gasteiger partial charge in [-0.1, -0.05) is 30.3 Å². The van der Waals surface area contributed by atoms with Gasteiger partial charge in [0.25, 0.3) is 11.5 Å². The van der Waals surface area contributed by atoms with Gasteiger partial charge in [-0.2, -0.15) is 0 Å². The van der Waals surface area contributed by atoms with E-state index in [9.17, 15) is 18.8 Å². The van der Waals surface area contributed by atoms with E-state index >= 15 is 0 Å². The van der Waals surface area contributed by atoms with Gasteiger partial charge in [-0.15, -0.1) is 0 Å². The fourth-order valence-corrected chi connectivity index (χ4v) is 2.42. The number of primary amides is 1. The molecule has 0 aliphatic rings. The minimum atomic E-state index is -1.40. The summed E-state index contributed by atoms with van der Waals surface area (Å²) in [5.41, 5.74) is 4.93. The largest absolute Gasteiger partial charge is 0.443 e. The van der Waals surface area contributed by atoms with Gasteiger partial charge in [0, 0.05) is 10.9 Å². The second kappa shape index (κ2) is 6.56. The quantitative estimate of drug-likeness (QED) is 0.710. The maximum absolute atomic E-state index is 13.0. The number of esters is 1. The maximum Gasteiger partial charge on any atom is 0.355 e. The molecule has 0 spiro atoms. The summed E-state index contributed by atoms with van der Waals surface area (Å²) in [7, 11) is 0. The highest BCUT2D eigenvalue weighted by molar-refractivity contribution is 5.94. The summed E-state index contributed by atoms with van der Waals surface area (Å²) in [6.07, 6.45) is -1.40. The Morgan fingerprint density at radius 1 is 1.08 bits per heavy atom. The third-order valence-corrected chi connectivity index (χ3v) is 3.63. The number of fused-ring (bicyclic) bond motifs is 1. The van der Waals surface area contributed by atoms with Crippen LogP contribution in [0, 0.1) is 5.82 Å². The lowest BCUT2D eigenvalue weighted by Crippen LogP contribution is -2.27. The first-order valence-corrected chi connectivity index (χ1v) is 7.33. The molecule has 1 unspecified atom stereocenters. The van der Waals surface area contributed by atoms with E-state index < -0.39 is 29.4 Å². The van der Waals surface area contributed by atoms with Crippen LogP contribution in [0.1, 0.15) is 22.2 Å². The van der Waals surface area contributed by atoms with Crippen LogP contribution in [0.5, 0.6) is 0 Å². The number of pyridine rings is 1. The first-order chi connectivity index (χ1) is 12.0. The average Bonchev–Trinajstić information content (AvgIpc) is 2.60. The number of aromatic amines is 1. The van der Waals surface area contributed by atoms with Crippen LogP contribution in [0.25, 0.3) is 10.8 Å². The summed E-state index contributed by atoms with van der Waals surface area (Å²) in [5, 5.41) is 0.972. The van der Waals surface area contributed by atoms with Gasteiger partial charge < -0.3 is 15.5 Å². The van der Waals surface area contributed by atoms with E-state index in [0.29, 0.717) is 10.8 Å². The highest BCUT2D eigenvalue weighted by Crippen LogP contribution is 2.20. The number of halogens is 1. The van der Waals surface area contributed by atoms with Crippen molar-refractivity contribution in [1.82, 2.24) is 4.98 Å². The Bertz CT molecular complexity index is 1010. The normalized spacial score (nSPS) is 11.9. The van der Waals surface area contributed by atoms with Crippen LogP contribution in [0.2, 0.25) is 0 Å². The molecular formula is C18H13FN2O4. The van der Waals surface area contributed by atoms with Crippen LogP contribution in [0.3, 0.4) is 0 Å². The summed E-state index contributed by atoms with van der Waals surface area (Å²) >= 11 is 0. The van der Waals surface area contributed by atoms with Gasteiger partial charge in [-0.3, -0.25) is 9.59 Å². The second-order valence-electron chi connectivity index (χ2n) is 5.34. The van der Waals surface area contributed by atoms with Gasteiger partial charge in [0.15, 0.2) is 0 Å². The van der Waals surface area contributed by atoms with Gasteiger partial charge >= 0.3 is 5.97 Å². The molecule has 3 N–H and O–H groups in total. The number of rotatable bonds is 4. The Morgan fingerprint density at radius 2 is 1.76 bits per heavy atom.